The SMILES string of the molecule is COCCCNC(=O)CCNc1cc(C(F)(F)F)ccc1Cl. The molecule has 0 bridgehead atoms. The van der Waals surface area contributed by atoms with Crippen LogP contribution in [0.5, 0.6) is 0 Å². The van der Waals surface area contributed by atoms with Crippen LogP contribution in [0, 0.1) is 0 Å². The van der Waals surface area contributed by atoms with Crippen LogP contribution in [0.2, 0.25) is 5.02 Å². The molecule has 0 aliphatic heterocycles. The monoisotopic (exact) mass is 338 g/mol. The lowest BCUT2D eigenvalue weighted by atomic mass is 10.2. The molecule has 2 N–H and O–H groups in total. The van der Waals surface area contributed by atoms with Gasteiger partial charge in [-0.25, -0.2) is 0 Å². The van der Waals surface area contributed by atoms with Gasteiger partial charge >= 0.3 is 6.18 Å². The Labute approximate surface area is 132 Å². The van der Waals surface area contributed by atoms with Crippen molar-refractivity contribution < 1.29 is 22.7 Å². The lowest BCUT2D eigenvalue weighted by Crippen LogP contribution is -2.27. The fourth-order valence-corrected chi connectivity index (χ4v) is 1.86. The molecule has 4 nitrogen and oxygen atoms in total. The van der Waals surface area contributed by atoms with Gasteiger partial charge in [0.25, 0.3) is 0 Å². The van der Waals surface area contributed by atoms with E-state index in [1.54, 1.807) is 7.11 Å². The summed E-state index contributed by atoms with van der Waals surface area (Å²) in [5.74, 6) is -0.188. The quantitative estimate of drug-likeness (QED) is 0.715. The summed E-state index contributed by atoms with van der Waals surface area (Å²) in [6, 6.07) is 3.02. The number of nitrogens with one attached hydrogen (secondary N) is 2. The number of ether oxygens (including phenoxy) is 1. The van der Waals surface area contributed by atoms with Gasteiger partial charge in [0.2, 0.25) is 5.91 Å². The van der Waals surface area contributed by atoms with Gasteiger partial charge in [0.05, 0.1) is 16.3 Å². The summed E-state index contributed by atoms with van der Waals surface area (Å²) < 4.78 is 42.7. The highest BCUT2D eigenvalue weighted by atomic mass is 35.5. The molecule has 0 saturated heterocycles. The molecule has 8 heteroatoms. The molecule has 0 saturated carbocycles. The Morgan fingerprint density at radius 1 is 1.32 bits per heavy atom. The van der Waals surface area contributed by atoms with Crippen molar-refractivity contribution in [1.29, 1.82) is 0 Å². The maximum absolute atomic E-state index is 12.6. The van der Waals surface area contributed by atoms with Gasteiger partial charge in [-0.1, -0.05) is 11.6 Å². The Bertz CT molecular complexity index is 495. The van der Waals surface area contributed by atoms with Crippen LogP contribution in [0.1, 0.15) is 18.4 Å². The minimum Gasteiger partial charge on any atom is -0.385 e. The van der Waals surface area contributed by atoms with Crippen LogP contribution in [0.25, 0.3) is 0 Å². The van der Waals surface area contributed by atoms with Crippen molar-refractivity contribution in [2.45, 2.75) is 19.0 Å². The highest BCUT2D eigenvalue weighted by Crippen LogP contribution is 2.33. The van der Waals surface area contributed by atoms with Gasteiger partial charge in [-0.3, -0.25) is 4.79 Å². The van der Waals surface area contributed by atoms with Gasteiger partial charge in [-0.2, -0.15) is 13.2 Å². The standard InChI is InChI=1S/C14H18ClF3N2O2/c1-22-8-2-6-20-13(21)5-7-19-12-9-10(14(16,17)18)3-4-11(12)15/h3-4,9,19H,2,5-8H2,1H3,(H,20,21). The van der Waals surface area contributed by atoms with Crippen molar-refractivity contribution in [3.05, 3.63) is 28.8 Å². The Balaban J connectivity index is 2.43. The third kappa shape index (κ3) is 6.53. The molecule has 1 aromatic rings. The van der Waals surface area contributed by atoms with Crippen LogP contribution in [-0.4, -0.2) is 32.7 Å². The van der Waals surface area contributed by atoms with Crippen LogP contribution in [0.3, 0.4) is 0 Å². The molecule has 1 rings (SSSR count). The smallest absolute Gasteiger partial charge is 0.385 e. The van der Waals surface area contributed by atoms with Crippen LogP contribution >= 0.6 is 11.6 Å². The van der Waals surface area contributed by atoms with Crippen molar-refractivity contribution in [2.24, 2.45) is 0 Å². The molecule has 1 aromatic carbocycles. The number of methoxy groups -OCH3 is 1. The van der Waals surface area contributed by atoms with E-state index in [0.717, 1.165) is 12.1 Å². The van der Waals surface area contributed by atoms with Crippen molar-refractivity contribution in [1.82, 2.24) is 5.32 Å². The predicted octanol–water partition coefficient (Wildman–Crippen LogP) is 3.31. The summed E-state index contributed by atoms with van der Waals surface area (Å²) in [6.07, 6.45) is -3.59. The molecule has 0 aromatic heterocycles. The minimum absolute atomic E-state index is 0.138. The molecule has 0 fully saturated rings. The first kappa shape index (κ1) is 18.6. The Hall–Kier alpha value is -1.47. The molecular formula is C14H18ClF3N2O2. The lowest BCUT2D eigenvalue weighted by molar-refractivity contribution is -0.137. The number of hydrogen-bond donors (Lipinski definition) is 2. The van der Waals surface area contributed by atoms with Crippen LogP contribution in [0.4, 0.5) is 18.9 Å². The molecule has 0 unspecified atom stereocenters. The normalized spacial score (nSPS) is 11.3. The average Bonchev–Trinajstić information content (AvgIpc) is 2.44. The molecule has 0 spiro atoms. The average molecular weight is 339 g/mol. The highest BCUT2D eigenvalue weighted by molar-refractivity contribution is 6.33. The van der Waals surface area contributed by atoms with Gasteiger partial charge in [0.15, 0.2) is 0 Å². The van der Waals surface area contributed by atoms with Gasteiger partial charge < -0.3 is 15.4 Å². The van der Waals surface area contributed by atoms with Crippen molar-refractivity contribution in [3.8, 4) is 0 Å². The first-order valence-corrected chi connectivity index (χ1v) is 7.08. The fourth-order valence-electron chi connectivity index (χ4n) is 1.68. The molecule has 1 amide bonds. The van der Waals surface area contributed by atoms with Crippen LogP contribution in [0.15, 0.2) is 18.2 Å². The zero-order valence-corrected chi connectivity index (χ0v) is 12.9. The van der Waals surface area contributed by atoms with Crippen LogP contribution < -0.4 is 10.6 Å². The van der Waals surface area contributed by atoms with E-state index in [1.165, 1.54) is 6.07 Å². The van der Waals surface area contributed by atoms with E-state index in [2.05, 4.69) is 10.6 Å². The molecule has 0 atom stereocenters. The molecule has 124 valence electrons. The number of amides is 1. The highest BCUT2D eigenvalue weighted by Gasteiger charge is 2.30. The van der Waals surface area contributed by atoms with Crippen LogP contribution in [-0.2, 0) is 15.7 Å². The summed E-state index contributed by atoms with van der Waals surface area (Å²) in [7, 11) is 1.57. The van der Waals surface area contributed by atoms with E-state index in [-0.39, 0.29) is 29.6 Å². The number of anilines is 1. The molecule has 22 heavy (non-hydrogen) atoms. The van der Waals surface area contributed by atoms with E-state index in [0.29, 0.717) is 19.6 Å². The van der Waals surface area contributed by atoms with E-state index in [1.807, 2.05) is 0 Å². The number of halogens is 4. The number of carbonyl (C=O) groups is 1. The van der Waals surface area contributed by atoms with Gasteiger partial charge in [-0.15, -0.1) is 0 Å². The molecule has 0 radical (unpaired) electrons. The predicted molar refractivity (Wildman–Crippen MR) is 79.1 cm³/mol. The van der Waals surface area contributed by atoms with Gasteiger partial charge in [0, 0.05) is 33.2 Å². The summed E-state index contributed by atoms with van der Waals surface area (Å²) in [5, 5.41) is 5.60. The van der Waals surface area contributed by atoms with E-state index in [9.17, 15) is 18.0 Å². The molecule has 0 aliphatic carbocycles. The topological polar surface area (TPSA) is 50.4 Å². The van der Waals surface area contributed by atoms with Crippen molar-refractivity contribution >= 4 is 23.2 Å². The zero-order valence-electron chi connectivity index (χ0n) is 12.1. The number of carbonyl (C=O) groups excluding carboxylic acids is 1. The first-order chi connectivity index (χ1) is 10.3. The Morgan fingerprint density at radius 2 is 2.05 bits per heavy atom. The lowest BCUT2D eigenvalue weighted by Gasteiger charge is -2.12. The second kappa shape index (κ2) is 8.85. The third-order valence-electron chi connectivity index (χ3n) is 2.81. The molecule has 0 heterocycles. The fraction of sp³-hybridized carbons (Fsp3) is 0.500. The van der Waals surface area contributed by atoms with Crippen molar-refractivity contribution in [3.63, 3.8) is 0 Å². The Morgan fingerprint density at radius 3 is 2.68 bits per heavy atom. The number of hydrogen-bond acceptors (Lipinski definition) is 3. The summed E-state index contributed by atoms with van der Waals surface area (Å²) in [4.78, 5) is 11.5. The Kier molecular flexibility index (Phi) is 7.47. The zero-order chi connectivity index (χ0) is 16.6. The first-order valence-electron chi connectivity index (χ1n) is 6.71. The number of rotatable bonds is 8. The summed E-state index contributed by atoms with van der Waals surface area (Å²) >= 11 is 5.84. The van der Waals surface area contributed by atoms with E-state index >= 15 is 0 Å². The maximum Gasteiger partial charge on any atom is 0.416 e. The molecule has 0 aliphatic rings. The summed E-state index contributed by atoms with van der Waals surface area (Å²) in [6.45, 7) is 1.24. The maximum atomic E-state index is 12.6. The van der Waals surface area contributed by atoms with E-state index in [4.69, 9.17) is 16.3 Å². The largest absolute Gasteiger partial charge is 0.416 e. The second-order valence-corrected chi connectivity index (χ2v) is 4.97. The minimum atomic E-state index is -4.43. The van der Waals surface area contributed by atoms with E-state index < -0.39 is 11.7 Å². The van der Waals surface area contributed by atoms with Crippen molar-refractivity contribution in [2.75, 3.05) is 32.1 Å². The molecular weight excluding hydrogens is 321 g/mol. The summed E-state index contributed by atoms with van der Waals surface area (Å²) in [5.41, 5.74) is -0.632. The number of alkyl halides is 3. The van der Waals surface area contributed by atoms with Gasteiger partial charge in [-0.05, 0) is 24.6 Å². The number of benzene rings is 1. The second-order valence-electron chi connectivity index (χ2n) is 4.57. The third-order valence-corrected chi connectivity index (χ3v) is 3.14. The van der Waals surface area contributed by atoms with Gasteiger partial charge in [0.1, 0.15) is 0 Å².